The first-order valence-corrected chi connectivity index (χ1v) is 10.8. The predicted octanol–water partition coefficient (Wildman–Crippen LogP) is 4.80. The van der Waals surface area contributed by atoms with E-state index in [-0.39, 0.29) is 17.4 Å². The minimum atomic E-state index is -0.217. The molecule has 2 aromatic carbocycles. The van der Waals surface area contributed by atoms with Gasteiger partial charge < -0.3 is 20.9 Å². The molecule has 5 aromatic rings. The molecule has 0 spiro atoms. The van der Waals surface area contributed by atoms with Crippen molar-refractivity contribution in [3.63, 3.8) is 0 Å². The van der Waals surface area contributed by atoms with E-state index >= 15 is 0 Å². The van der Waals surface area contributed by atoms with E-state index in [2.05, 4.69) is 82.4 Å². The maximum Gasteiger partial charge on any atom is 0.313 e. The number of anilines is 2. The molecule has 5 N–H and O–H groups in total. The van der Waals surface area contributed by atoms with Gasteiger partial charge in [-0.05, 0) is 34.7 Å². The van der Waals surface area contributed by atoms with Crippen LogP contribution >= 0.6 is 0 Å². The second kappa shape index (κ2) is 7.74. The first-order valence-electron chi connectivity index (χ1n) is 10.8. The molecule has 0 saturated carbocycles. The van der Waals surface area contributed by atoms with Gasteiger partial charge in [0.1, 0.15) is 0 Å². The van der Waals surface area contributed by atoms with E-state index in [1.807, 2.05) is 12.1 Å². The van der Waals surface area contributed by atoms with Gasteiger partial charge in [-0.2, -0.15) is 0 Å². The summed E-state index contributed by atoms with van der Waals surface area (Å²) in [6.45, 7) is 6.78. The number of aromatic amines is 1. The van der Waals surface area contributed by atoms with Gasteiger partial charge in [0.25, 0.3) is 0 Å². The molecule has 8 heteroatoms. The summed E-state index contributed by atoms with van der Waals surface area (Å²) in [4.78, 5) is 11.6. The lowest BCUT2D eigenvalue weighted by Crippen LogP contribution is -2.29. The lowest BCUT2D eigenvalue weighted by atomic mass is 9.68. The fourth-order valence-corrected chi connectivity index (χ4v) is 4.34. The molecule has 3 heterocycles. The molecule has 0 bridgehead atoms. The summed E-state index contributed by atoms with van der Waals surface area (Å²) in [7, 11) is 0. The molecule has 3 aromatic heterocycles. The summed E-state index contributed by atoms with van der Waals surface area (Å²) < 4.78 is 5.38. The van der Waals surface area contributed by atoms with Gasteiger partial charge in [-0.3, -0.25) is 0 Å². The molecule has 0 aliphatic carbocycles. The van der Waals surface area contributed by atoms with E-state index in [1.54, 1.807) is 12.4 Å². The Hall–Kier alpha value is -4.20. The molecule has 0 amide bonds. The summed E-state index contributed by atoms with van der Waals surface area (Å²) in [6, 6.07) is 14.7. The van der Waals surface area contributed by atoms with Crippen LogP contribution in [0.25, 0.3) is 33.5 Å². The van der Waals surface area contributed by atoms with E-state index in [1.165, 1.54) is 11.1 Å². The molecule has 0 aliphatic heterocycles. The van der Waals surface area contributed by atoms with Crippen molar-refractivity contribution in [1.29, 1.82) is 0 Å². The highest BCUT2D eigenvalue weighted by molar-refractivity contribution is 5.88. The lowest BCUT2D eigenvalue weighted by molar-refractivity contribution is 0.408. The third-order valence-electron chi connectivity index (χ3n) is 6.57. The molecule has 0 fully saturated rings. The topological polar surface area (TPSA) is 133 Å². The molecular formula is C25H25N7O. The standard InChI is InChI=1S/C25H25N7O/c1-14(2)25(3,18-7-4-15(5-8-18)17-11-29-23(26)30-12-17)20-13-28-21-10-16(6-9-19(20)21)22-31-32-24(27)33-22/h4-14,28H,1-3H3,(H2,27,32)(H2,26,29,30). The molecule has 166 valence electrons. The zero-order chi connectivity index (χ0) is 23.2. The third-order valence-corrected chi connectivity index (χ3v) is 6.57. The number of nitrogens with zero attached hydrogens (tertiary/aromatic N) is 4. The van der Waals surface area contributed by atoms with Crippen molar-refractivity contribution in [2.45, 2.75) is 26.2 Å². The number of benzene rings is 2. The smallest absolute Gasteiger partial charge is 0.313 e. The Labute approximate surface area is 191 Å². The molecule has 0 aliphatic rings. The van der Waals surface area contributed by atoms with E-state index in [0.29, 0.717) is 11.8 Å². The minimum Gasteiger partial charge on any atom is -0.404 e. The van der Waals surface area contributed by atoms with Gasteiger partial charge in [-0.1, -0.05) is 56.2 Å². The van der Waals surface area contributed by atoms with Crippen molar-refractivity contribution in [1.82, 2.24) is 25.1 Å². The van der Waals surface area contributed by atoms with Crippen LogP contribution in [0.3, 0.4) is 0 Å². The van der Waals surface area contributed by atoms with Crippen molar-refractivity contribution >= 4 is 22.9 Å². The number of nitrogens with one attached hydrogen (secondary N) is 1. The second-order valence-corrected chi connectivity index (χ2v) is 8.67. The summed E-state index contributed by atoms with van der Waals surface area (Å²) in [5.74, 6) is 1.02. The largest absolute Gasteiger partial charge is 0.404 e. The van der Waals surface area contributed by atoms with Crippen LogP contribution in [0.5, 0.6) is 0 Å². The van der Waals surface area contributed by atoms with Gasteiger partial charge in [-0.25, -0.2) is 9.97 Å². The van der Waals surface area contributed by atoms with Crippen LogP contribution < -0.4 is 11.5 Å². The first kappa shape index (κ1) is 20.7. The molecule has 33 heavy (non-hydrogen) atoms. The minimum absolute atomic E-state index is 0.0543. The number of nitrogens with two attached hydrogens (primary N) is 2. The van der Waals surface area contributed by atoms with Crippen LogP contribution in [-0.2, 0) is 5.41 Å². The Morgan fingerprint density at radius 2 is 1.61 bits per heavy atom. The van der Waals surface area contributed by atoms with E-state index in [4.69, 9.17) is 15.9 Å². The zero-order valence-corrected chi connectivity index (χ0v) is 18.7. The highest BCUT2D eigenvalue weighted by Crippen LogP contribution is 2.43. The average molecular weight is 440 g/mol. The van der Waals surface area contributed by atoms with Crippen LogP contribution in [0.2, 0.25) is 0 Å². The summed E-state index contributed by atoms with van der Waals surface area (Å²) in [5.41, 5.74) is 17.2. The summed E-state index contributed by atoms with van der Waals surface area (Å²) in [6.07, 6.45) is 5.58. The summed E-state index contributed by atoms with van der Waals surface area (Å²) in [5, 5.41) is 8.89. The molecule has 0 saturated heterocycles. The number of hydrogen-bond acceptors (Lipinski definition) is 7. The molecule has 8 nitrogen and oxygen atoms in total. The van der Waals surface area contributed by atoms with Gasteiger partial charge in [0.15, 0.2) is 0 Å². The lowest BCUT2D eigenvalue weighted by Gasteiger charge is -2.35. The quantitative estimate of drug-likeness (QED) is 0.358. The third kappa shape index (κ3) is 3.49. The number of nitrogen functional groups attached to an aromatic ring is 2. The van der Waals surface area contributed by atoms with Crippen molar-refractivity contribution in [2.24, 2.45) is 5.92 Å². The molecule has 1 unspecified atom stereocenters. The average Bonchev–Trinajstić information content (AvgIpc) is 3.45. The maximum absolute atomic E-state index is 5.62. The highest BCUT2D eigenvalue weighted by Gasteiger charge is 2.34. The first-order chi connectivity index (χ1) is 15.9. The Bertz CT molecular complexity index is 1420. The molecule has 5 rings (SSSR count). The number of rotatable bonds is 5. The van der Waals surface area contributed by atoms with Gasteiger partial charge in [0.05, 0.1) is 0 Å². The summed E-state index contributed by atoms with van der Waals surface area (Å²) >= 11 is 0. The maximum atomic E-state index is 5.62. The van der Waals surface area contributed by atoms with Crippen molar-refractivity contribution in [3.05, 3.63) is 72.2 Å². The predicted molar refractivity (Wildman–Crippen MR) is 129 cm³/mol. The SMILES string of the molecule is CC(C)C(C)(c1ccc(-c2cnc(N)nc2)cc1)c1c[nH]c2cc(-c3nnc(N)o3)ccc12. The number of H-pyrrole nitrogens is 1. The van der Waals surface area contributed by atoms with Crippen LogP contribution in [0.15, 0.2) is 65.5 Å². The second-order valence-electron chi connectivity index (χ2n) is 8.67. The fraction of sp³-hybridized carbons (Fsp3) is 0.200. The van der Waals surface area contributed by atoms with Crippen molar-refractivity contribution in [3.8, 4) is 22.6 Å². The van der Waals surface area contributed by atoms with Crippen molar-refractivity contribution < 1.29 is 4.42 Å². The van der Waals surface area contributed by atoms with E-state index in [9.17, 15) is 0 Å². The zero-order valence-electron chi connectivity index (χ0n) is 18.7. The van der Waals surface area contributed by atoms with Gasteiger partial charge in [0, 0.05) is 46.0 Å². The molecular weight excluding hydrogens is 414 g/mol. The van der Waals surface area contributed by atoms with Crippen LogP contribution in [0.1, 0.15) is 31.9 Å². The number of hydrogen-bond donors (Lipinski definition) is 3. The van der Waals surface area contributed by atoms with Crippen LogP contribution in [0, 0.1) is 5.92 Å². The molecule has 0 radical (unpaired) electrons. The van der Waals surface area contributed by atoms with Crippen LogP contribution in [0.4, 0.5) is 12.0 Å². The van der Waals surface area contributed by atoms with Gasteiger partial charge in [0.2, 0.25) is 11.8 Å². The molecule has 1 atom stereocenters. The van der Waals surface area contributed by atoms with E-state index in [0.717, 1.165) is 27.6 Å². The monoisotopic (exact) mass is 439 g/mol. The van der Waals surface area contributed by atoms with Crippen LogP contribution in [-0.4, -0.2) is 25.1 Å². The number of fused-ring (bicyclic) bond motifs is 1. The fourth-order valence-electron chi connectivity index (χ4n) is 4.34. The highest BCUT2D eigenvalue weighted by atomic mass is 16.4. The number of aromatic nitrogens is 5. The Morgan fingerprint density at radius 1 is 0.909 bits per heavy atom. The Balaban J connectivity index is 1.55. The van der Waals surface area contributed by atoms with Gasteiger partial charge in [-0.15, -0.1) is 5.10 Å². The van der Waals surface area contributed by atoms with Crippen molar-refractivity contribution in [2.75, 3.05) is 11.5 Å². The Morgan fingerprint density at radius 3 is 2.24 bits per heavy atom. The van der Waals surface area contributed by atoms with E-state index < -0.39 is 0 Å². The Kier molecular flexibility index (Phi) is 4.85. The normalized spacial score (nSPS) is 13.5. The van der Waals surface area contributed by atoms with Gasteiger partial charge >= 0.3 is 6.01 Å².